The van der Waals surface area contributed by atoms with Crippen molar-refractivity contribution in [2.75, 3.05) is 6.54 Å². The summed E-state index contributed by atoms with van der Waals surface area (Å²) in [5, 5.41) is 0. The SMILES string of the molecule is C=CCN(Cc1ccccc1)C([C]C(=O)OC(C)(C)C)c1ccccc1. The van der Waals surface area contributed by atoms with Gasteiger partial charge in [0.25, 0.3) is 0 Å². The highest BCUT2D eigenvalue weighted by molar-refractivity contribution is 5.80. The molecule has 0 fully saturated rings. The fraction of sp³-hybridized carbons (Fsp3) is 0.304. The monoisotopic (exact) mass is 349 g/mol. The van der Waals surface area contributed by atoms with Crippen molar-refractivity contribution in [1.82, 2.24) is 4.90 Å². The van der Waals surface area contributed by atoms with Gasteiger partial charge < -0.3 is 4.74 Å². The van der Waals surface area contributed by atoms with E-state index in [2.05, 4.69) is 30.0 Å². The van der Waals surface area contributed by atoms with Gasteiger partial charge in [0.1, 0.15) is 12.0 Å². The van der Waals surface area contributed by atoms with Crippen molar-refractivity contribution in [3.05, 3.63) is 90.9 Å². The molecule has 0 spiro atoms. The van der Waals surface area contributed by atoms with Gasteiger partial charge in [0.2, 0.25) is 0 Å². The summed E-state index contributed by atoms with van der Waals surface area (Å²) in [6.45, 7) is 10.8. The Kier molecular flexibility index (Phi) is 7.16. The Hall–Kier alpha value is -2.39. The summed E-state index contributed by atoms with van der Waals surface area (Å²) < 4.78 is 5.47. The van der Waals surface area contributed by atoms with Crippen LogP contribution in [0, 0.1) is 6.42 Å². The highest BCUT2D eigenvalue weighted by Gasteiger charge is 2.27. The maximum Gasteiger partial charge on any atom is 0.317 e. The van der Waals surface area contributed by atoms with Gasteiger partial charge in [-0.05, 0) is 31.9 Å². The quantitative estimate of drug-likeness (QED) is 0.504. The smallest absolute Gasteiger partial charge is 0.317 e. The number of carbonyl (C=O) groups excluding carboxylic acids is 1. The molecular formula is C23H27NO2. The maximum atomic E-state index is 12.4. The van der Waals surface area contributed by atoms with Gasteiger partial charge in [-0.25, -0.2) is 0 Å². The molecule has 0 aliphatic carbocycles. The Bertz CT molecular complexity index is 689. The zero-order chi connectivity index (χ0) is 19.0. The van der Waals surface area contributed by atoms with Crippen molar-refractivity contribution in [3.63, 3.8) is 0 Å². The molecule has 0 aliphatic heterocycles. The molecule has 0 aromatic heterocycles. The van der Waals surface area contributed by atoms with E-state index in [1.807, 2.05) is 75.4 Å². The third-order valence-corrected chi connectivity index (χ3v) is 3.73. The molecule has 0 aliphatic rings. The molecular weight excluding hydrogens is 322 g/mol. The molecule has 0 heterocycles. The van der Waals surface area contributed by atoms with Crippen LogP contribution < -0.4 is 0 Å². The minimum absolute atomic E-state index is 0.316. The molecule has 0 amide bonds. The molecule has 0 saturated carbocycles. The van der Waals surface area contributed by atoms with Gasteiger partial charge in [-0.1, -0.05) is 66.7 Å². The zero-order valence-electron chi connectivity index (χ0n) is 15.8. The van der Waals surface area contributed by atoms with E-state index < -0.39 is 11.6 Å². The van der Waals surface area contributed by atoms with Gasteiger partial charge in [-0.2, -0.15) is 0 Å². The summed E-state index contributed by atoms with van der Waals surface area (Å²) >= 11 is 0. The summed E-state index contributed by atoms with van der Waals surface area (Å²) in [7, 11) is 0. The lowest BCUT2D eigenvalue weighted by Gasteiger charge is -2.31. The van der Waals surface area contributed by atoms with Crippen LogP contribution in [0.15, 0.2) is 73.3 Å². The number of hydrogen-bond donors (Lipinski definition) is 0. The predicted octanol–water partition coefficient (Wildman–Crippen LogP) is 4.84. The van der Waals surface area contributed by atoms with E-state index in [4.69, 9.17) is 4.74 Å². The minimum atomic E-state index is -0.548. The second-order valence-electron chi connectivity index (χ2n) is 7.16. The predicted molar refractivity (Wildman–Crippen MR) is 105 cm³/mol. The Labute approximate surface area is 157 Å². The van der Waals surface area contributed by atoms with E-state index in [-0.39, 0.29) is 6.04 Å². The van der Waals surface area contributed by atoms with Gasteiger partial charge in [0.05, 0.1) is 6.04 Å². The first kappa shape index (κ1) is 19.9. The van der Waals surface area contributed by atoms with E-state index >= 15 is 0 Å². The Morgan fingerprint density at radius 1 is 1.12 bits per heavy atom. The first-order valence-corrected chi connectivity index (χ1v) is 8.82. The molecule has 1 atom stereocenters. The number of nitrogens with zero attached hydrogens (tertiary/aromatic N) is 1. The highest BCUT2D eigenvalue weighted by Crippen LogP contribution is 2.27. The third-order valence-electron chi connectivity index (χ3n) is 3.73. The lowest BCUT2D eigenvalue weighted by Crippen LogP contribution is -2.33. The number of carbonyl (C=O) groups is 1. The van der Waals surface area contributed by atoms with Crippen LogP contribution in [0.25, 0.3) is 0 Å². The lowest BCUT2D eigenvalue weighted by atomic mass is 10.0. The molecule has 0 bridgehead atoms. The first-order chi connectivity index (χ1) is 12.4. The van der Waals surface area contributed by atoms with Gasteiger partial charge in [-0.3, -0.25) is 9.69 Å². The van der Waals surface area contributed by atoms with Crippen molar-refractivity contribution < 1.29 is 9.53 Å². The highest BCUT2D eigenvalue weighted by atomic mass is 16.6. The molecule has 26 heavy (non-hydrogen) atoms. The molecule has 0 N–H and O–H groups in total. The van der Waals surface area contributed by atoms with E-state index in [0.29, 0.717) is 13.1 Å². The minimum Gasteiger partial charge on any atom is -0.459 e. The van der Waals surface area contributed by atoms with Crippen LogP contribution in [-0.4, -0.2) is 23.0 Å². The average molecular weight is 349 g/mol. The fourth-order valence-corrected chi connectivity index (χ4v) is 2.68. The largest absolute Gasteiger partial charge is 0.459 e. The molecule has 0 saturated heterocycles. The van der Waals surface area contributed by atoms with Gasteiger partial charge >= 0.3 is 5.97 Å². The van der Waals surface area contributed by atoms with Crippen LogP contribution in [0.2, 0.25) is 0 Å². The van der Waals surface area contributed by atoms with Crippen LogP contribution in [-0.2, 0) is 16.1 Å². The van der Waals surface area contributed by atoms with E-state index in [1.54, 1.807) is 0 Å². The standard InChI is InChI=1S/C23H27NO2/c1-5-16-24(18-19-12-8-6-9-13-19)21(20-14-10-7-11-15-20)17-22(25)26-23(2,3)4/h5-15,21H,1,16,18H2,2-4H3. The number of hydrogen-bond acceptors (Lipinski definition) is 3. The number of benzene rings is 2. The molecule has 2 radical (unpaired) electrons. The summed E-state index contributed by atoms with van der Waals surface area (Å²) in [4.78, 5) is 14.6. The van der Waals surface area contributed by atoms with Crippen LogP contribution in [0.5, 0.6) is 0 Å². The molecule has 2 aromatic rings. The maximum absolute atomic E-state index is 12.4. The zero-order valence-corrected chi connectivity index (χ0v) is 15.8. The second-order valence-corrected chi connectivity index (χ2v) is 7.16. The molecule has 2 rings (SSSR count). The fourth-order valence-electron chi connectivity index (χ4n) is 2.68. The third kappa shape index (κ3) is 6.49. The lowest BCUT2D eigenvalue weighted by molar-refractivity contribution is -0.151. The summed E-state index contributed by atoms with van der Waals surface area (Å²) in [5.41, 5.74) is 1.62. The van der Waals surface area contributed by atoms with E-state index in [1.165, 1.54) is 5.56 Å². The Morgan fingerprint density at radius 3 is 2.23 bits per heavy atom. The first-order valence-electron chi connectivity index (χ1n) is 8.82. The van der Waals surface area contributed by atoms with Crippen molar-refractivity contribution in [1.29, 1.82) is 0 Å². The molecule has 3 heteroatoms. The van der Waals surface area contributed by atoms with Gasteiger partial charge in [-0.15, -0.1) is 6.58 Å². The molecule has 3 nitrogen and oxygen atoms in total. The van der Waals surface area contributed by atoms with E-state index in [0.717, 1.165) is 5.56 Å². The molecule has 2 aromatic carbocycles. The van der Waals surface area contributed by atoms with Gasteiger partial charge in [0, 0.05) is 13.1 Å². The van der Waals surface area contributed by atoms with Crippen LogP contribution in [0.4, 0.5) is 0 Å². The second kappa shape index (κ2) is 9.35. The van der Waals surface area contributed by atoms with E-state index in [9.17, 15) is 4.79 Å². The Balaban J connectivity index is 2.27. The molecule has 136 valence electrons. The molecule has 1 unspecified atom stereocenters. The van der Waals surface area contributed by atoms with Crippen molar-refractivity contribution in [2.45, 2.75) is 39.0 Å². The summed E-state index contributed by atoms with van der Waals surface area (Å²) in [6, 6.07) is 19.8. The van der Waals surface area contributed by atoms with Crippen LogP contribution in [0.1, 0.15) is 37.9 Å². The van der Waals surface area contributed by atoms with Crippen molar-refractivity contribution >= 4 is 5.97 Å². The van der Waals surface area contributed by atoms with Crippen LogP contribution in [0.3, 0.4) is 0 Å². The topological polar surface area (TPSA) is 29.5 Å². The number of esters is 1. The average Bonchev–Trinajstić information content (AvgIpc) is 2.59. The van der Waals surface area contributed by atoms with Crippen molar-refractivity contribution in [2.24, 2.45) is 0 Å². The Morgan fingerprint density at radius 2 is 1.69 bits per heavy atom. The van der Waals surface area contributed by atoms with Crippen molar-refractivity contribution in [3.8, 4) is 0 Å². The number of ether oxygens (including phenoxy) is 1. The number of rotatable bonds is 8. The van der Waals surface area contributed by atoms with Gasteiger partial charge in [0.15, 0.2) is 0 Å². The van der Waals surface area contributed by atoms with Crippen LogP contribution >= 0.6 is 0 Å². The normalized spacial score (nSPS) is 12.6. The summed E-state index contributed by atoms with van der Waals surface area (Å²) in [5.74, 6) is -0.437. The summed E-state index contributed by atoms with van der Waals surface area (Å²) in [6.07, 6.45) is 4.85.